The second-order valence-corrected chi connectivity index (χ2v) is 6.44. The molecule has 0 atom stereocenters. The number of hydrogen-bond donors (Lipinski definition) is 0. The highest BCUT2D eigenvalue weighted by Crippen LogP contribution is 2.57. The van der Waals surface area contributed by atoms with E-state index in [1.165, 1.54) is 31.7 Å². The lowest BCUT2D eigenvalue weighted by molar-refractivity contribution is 0.181. The van der Waals surface area contributed by atoms with Crippen LogP contribution in [0.2, 0.25) is 0 Å². The monoisotopic (exact) mass is 154 g/mol. The van der Waals surface area contributed by atoms with Crippen molar-refractivity contribution in [3.63, 3.8) is 0 Å². The van der Waals surface area contributed by atoms with Gasteiger partial charge in [-0.05, 0) is 55.3 Å². The van der Waals surface area contributed by atoms with Crippen molar-refractivity contribution in [1.82, 2.24) is 0 Å². The van der Waals surface area contributed by atoms with Crippen LogP contribution in [-0.2, 0) is 0 Å². The quantitative estimate of drug-likeness (QED) is 0.470. The van der Waals surface area contributed by atoms with Gasteiger partial charge in [-0.1, -0.05) is 0 Å². The van der Waals surface area contributed by atoms with Crippen LogP contribution in [0, 0.1) is 11.8 Å². The zero-order chi connectivity index (χ0) is 6.55. The van der Waals surface area contributed by atoms with Gasteiger partial charge in [0, 0.05) is 0 Å². The third-order valence-corrected chi connectivity index (χ3v) is 5.50. The van der Waals surface area contributed by atoms with Crippen molar-refractivity contribution in [3.8, 4) is 0 Å². The zero-order valence-electron chi connectivity index (χ0n) is 6.34. The summed E-state index contributed by atoms with van der Waals surface area (Å²) in [5, 5.41) is 0. The van der Waals surface area contributed by atoms with Crippen LogP contribution in [0.25, 0.3) is 0 Å². The maximum atomic E-state index is 1.62. The first-order valence-corrected chi connectivity index (χ1v) is 5.81. The second-order valence-electron chi connectivity index (χ2n) is 4.47. The van der Waals surface area contributed by atoms with E-state index in [1.54, 1.807) is 32.1 Å². The lowest BCUT2D eigenvalue weighted by Crippen LogP contribution is -2.38. The topological polar surface area (TPSA) is 0 Å². The minimum absolute atomic E-state index is 1.18. The molecule has 0 aromatic rings. The molecule has 2 saturated heterocycles. The van der Waals surface area contributed by atoms with Crippen LogP contribution in [0.5, 0.6) is 0 Å². The van der Waals surface area contributed by atoms with Gasteiger partial charge < -0.3 is 0 Å². The smallest absolute Gasteiger partial charge is 0.0229 e. The molecule has 2 aliphatic carbocycles. The fourth-order valence-electron chi connectivity index (χ4n) is 3.46. The Balaban J connectivity index is 1.90. The fraction of sp³-hybridized carbons (Fsp3) is 1.00. The SMILES string of the molecule is C1C2CC3CC1CC(C2)P3. The van der Waals surface area contributed by atoms with E-state index in [1.807, 2.05) is 0 Å². The summed E-state index contributed by atoms with van der Waals surface area (Å²) >= 11 is 0. The van der Waals surface area contributed by atoms with E-state index in [9.17, 15) is 0 Å². The normalized spacial score (nSPS) is 60.0. The van der Waals surface area contributed by atoms with Gasteiger partial charge in [-0.25, -0.2) is 0 Å². The Kier molecular flexibility index (Phi) is 1.18. The van der Waals surface area contributed by atoms with Gasteiger partial charge in [-0.15, -0.1) is 8.58 Å². The summed E-state index contributed by atoms with van der Waals surface area (Å²) in [5.41, 5.74) is 2.41. The first-order valence-electron chi connectivity index (χ1n) is 4.66. The predicted octanol–water partition coefficient (Wildman–Crippen LogP) is 2.63. The second kappa shape index (κ2) is 1.97. The van der Waals surface area contributed by atoms with E-state index in [4.69, 9.17) is 0 Å². The van der Waals surface area contributed by atoms with E-state index >= 15 is 0 Å². The maximum Gasteiger partial charge on any atom is -0.0229 e. The van der Waals surface area contributed by atoms with Crippen LogP contribution in [0.3, 0.4) is 0 Å². The molecular formula is C9H15P. The third kappa shape index (κ3) is 0.780. The maximum absolute atomic E-state index is 1.62. The van der Waals surface area contributed by atoms with Gasteiger partial charge in [-0.2, -0.15) is 0 Å². The predicted molar refractivity (Wildman–Crippen MR) is 46.0 cm³/mol. The molecule has 2 heterocycles. The van der Waals surface area contributed by atoms with Gasteiger partial charge in [-0.3, -0.25) is 0 Å². The van der Waals surface area contributed by atoms with Crippen molar-refractivity contribution in [2.24, 2.45) is 11.8 Å². The van der Waals surface area contributed by atoms with Crippen LogP contribution >= 0.6 is 8.58 Å². The van der Waals surface area contributed by atoms with E-state index in [0.717, 1.165) is 0 Å². The van der Waals surface area contributed by atoms with E-state index in [-0.39, 0.29) is 0 Å². The average molecular weight is 154 g/mol. The zero-order valence-corrected chi connectivity index (χ0v) is 7.34. The molecule has 0 unspecified atom stereocenters. The van der Waals surface area contributed by atoms with Gasteiger partial charge in [0.2, 0.25) is 0 Å². The molecule has 0 amide bonds. The summed E-state index contributed by atoms with van der Waals surface area (Å²) in [4.78, 5) is 0. The van der Waals surface area contributed by atoms with Gasteiger partial charge in [0.25, 0.3) is 0 Å². The number of hydrogen-bond acceptors (Lipinski definition) is 0. The highest BCUT2D eigenvalue weighted by molar-refractivity contribution is 7.40. The molecule has 2 aliphatic heterocycles. The van der Waals surface area contributed by atoms with Crippen molar-refractivity contribution in [1.29, 1.82) is 0 Å². The Hall–Kier alpha value is 0.430. The van der Waals surface area contributed by atoms with Crippen molar-refractivity contribution in [2.45, 2.75) is 43.4 Å². The lowest BCUT2D eigenvalue weighted by atomic mass is 9.71. The molecule has 10 heavy (non-hydrogen) atoms. The minimum Gasteiger partial charge on any atom is -0.116 e. The first kappa shape index (κ1) is 6.00. The Labute approximate surface area is 64.6 Å². The Bertz CT molecular complexity index is 96.3. The summed E-state index contributed by atoms with van der Waals surface area (Å²) in [6.07, 6.45) is 8.07. The molecule has 1 heteroatoms. The molecule has 0 aromatic heterocycles. The molecule has 4 fully saturated rings. The summed E-state index contributed by atoms with van der Waals surface area (Å²) < 4.78 is 0. The van der Waals surface area contributed by atoms with Crippen molar-refractivity contribution in [3.05, 3.63) is 0 Å². The molecule has 0 spiro atoms. The summed E-state index contributed by atoms with van der Waals surface area (Å²) in [6.45, 7) is 0. The molecular weight excluding hydrogens is 139 g/mol. The number of rotatable bonds is 0. The molecule has 4 bridgehead atoms. The molecule has 0 aromatic carbocycles. The summed E-state index contributed by atoms with van der Waals surface area (Å²) in [7, 11) is 1.37. The van der Waals surface area contributed by atoms with E-state index in [0.29, 0.717) is 0 Å². The van der Waals surface area contributed by atoms with Crippen molar-refractivity contribution in [2.75, 3.05) is 0 Å². The first-order chi connectivity index (χ1) is 4.90. The average Bonchev–Trinajstić information content (AvgIpc) is 1.82. The highest BCUT2D eigenvalue weighted by atomic mass is 31.1. The van der Waals surface area contributed by atoms with Crippen LogP contribution in [0.4, 0.5) is 0 Å². The summed E-state index contributed by atoms with van der Waals surface area (Å²) in [6, 6.07) is 0. The fourth-order valence-corrected chi connectivity index (χ4v) is 6.00. The Morgan fingerprint density at radius 1 is 0.700 bits per heavy atom. The molecule has 56 valence electrons. The van der Waals surface area contributed by atoms with E-state index in [2.05, 4.69) is 0 Å². The standard InChI is InChI=1S/C9H15P/c1-6-2-8-4-7(1)5-9(3-6)10-8/h6-10H,1-5H2. The Morgan fingerprint density at radius 3 is 1.60 bits per heavy atom. The van der Waals surface area contributed by atoms with Gasteiger partial charge in [0.1, 0.15) is 0 Å². The van der Waals surface area contributed by atoms with Crippen LogP contribution in [0.15, 0.2) is 0 Å². The molecule has 0 nitrogen and oxygen atoms in total. The van der Waals surface area contributed by atoms with E-state index < -0.39 is 0 Å². The van der Waals surface area contributed by atoms with Crippen LogP contribution in [0.1, 0.15) is 32.1 Å². The van der Waals surface area contributed by atoms with Crippen LogP contribution in [-0.4, -0.2) is 11.3 Å². The largest absolute Gasteiger partial charge is 0.116 e. The molecule has 4 aliphatic rings. The minimum atomic E-state index is 1.18. The molecule has 0 radical (unpaired) electrons. The van der Waals surface area contributed by atoms with Gasteiger partial charge >= 0.3 is 0 Å². The third-order valence-electron chi connectivity index (χ3n) is 3.61. The molecule has 4 rings (SSSR count). The lowest BCUT2D eigenvalue weighted by Gasteiger charge is -2.49. The van der Waals surface area contributed by atoms with Crippen LogP contribution < -0.4 is 0 Å². The Morgan fingerprint density at radius 2 is 1.20 bits per heavy atom. The molecule has 0 N–H and O–H groups in total. The van der Waals surface area contributed by atoms with Crippen molar-refractivity contribution >= 4 is 8.58 Å². The van der Waals surface area contributed by atoms with Gasteiger partial charge in [0.05, 0.1) is 0 Å². The van der Waals surface area contributed by atoms with Gasteiger partial charge in [0.15, 0.2) is 0 Å². The molecule has 2 saturated carbocycles. The highest BCUT2D eigenvalue weighted by Gasteiger charge is 2.41. The summed E-state index contributed by atoms with van der Waals surface area (Å²) in [5.74, 6) is 2.37. The van der Waals surface area contributed by atoms with Crippen molar-refractivity contribution < 1.29 is 0 Å².